The summed E-state index contributed by atoms with van der Waals surface area (Å²) in [5.74, 6) is 0.645. The van der Waals surface area contributed by atoms with Crippen LogP contribution in [0.25, 0.3) is 0 Å². The van der Waals surface area contributed by atoms with Crippen LogP contribution in [0.15, 0.2) is 18.2 Å². The summed E-state index contributed by atoms with van der Waals surface area (Å²) in [7, 11) is 0. The maximum atomic E-state index is 5.86. The van der Waals surface area contributed by atoms with Crippen LogP contribution in [0.2, 0.25) is 5.02 Å². The summed E-state index contributed by atoms with van der Waals surface area (Å²) in [6.07, 6.45) is 0.115. The summed E-state index contributed by atoms with van der Waals surface area (Å²) in [6, 6.07) is 5.20. The predicted octanol–water partition coefficient (Wildman–Crippen LogP) is 2.71. The molecule has 0 bridgehead atoms. The van der Waals surface area contributed by atoms with E-state index in [9.17, 15) is 0 Å². The second kappa shape index (κ2) is 3.68. The van der Waals surface area contributed by atoms with Gasteiger partial charge >= 0.3 is 0 Å². The van der Waals surface area contributed by atoms with Gasteiger partial charge < -0.3 is 10.5 Å². The Labute approximate surface area is 77.3 Å². The van der Waals surface area contributed by atoms with Crippen molar-refractivity contribution in [2.45, 2.75) is 20.0 Å². The van der Waals surface area contributed by atoms with Gasteiger partial charge in [0.2, 0.25) is 0 Å². The van der Waals surface area contributed by atoms with Crippen molar-refractivity contribution in [1.82, 2.24) is 0 Å². The molecule has 2 nitrogen and oxygen atoms in total. The van der Waals surface area contributed by atoms with E-state index in [1.54, 1.807) is 18.2 Å². The molecule has 0 heterocycles. The Morgan fingerprint density at radius 3 is 2.67 bits per heavy atom. The van der Waals surface area contributed by atoms with E-state index in [1.165, 1.54) is 0 Å². The smallest absolute Gasteiger partial charge is 0.140 e. The highest BCUT2D eigenvalue weighted by Gasteiger charge is 2.03. The van der Waals surface area contributed by atoms with Gasteiger partial charge in [0, 0.05) is 11.8 Å². The second-order valence-electron chi connectivity index (χ2n) is 2.86. The third-order valence-corrected chi connectivity index (χ3v) is 1.63. The van der Waals surface area contributed by atoms with Gasteiger partial charge in [0.15, 0.2) is 0 Å². The summed E-state index contributed by atoms with van der Waals surface area (Å²) in [5.41, 5.74) is 6.23. The molecule has 12 heavy (non-hydrogen) atoms. The molecule has 0 radical (unpaired) electrons. The first kappa shape index (κ1) is 9.20. The standard InChI is InChI=1S/C9H12ClNO/c1-6(2)12-9-5-7(11)3-4-8(9)10/h3-6H,11H2,1-2H3. The van der Waals surface area contributed by atoms with Crippen LogP contribution < -0.4 is 10.5 Å². The molecule has 0 aromatic heterocycles. The molecule has 3 heteroatoms. The molecule has 2 N–H and O–H groups in total. The van der Waals surface area contributed by atoms with Gasteiger partial charge in [-0.1, -0.05) is 11.6 Å². The van der Waals surface area contributed by atoms with Gasteiger partial charge in [-0.05, 0) is 26.0 Å². The number of nitrogen functional groups attached to an aromatic ring is 1. The van der Waals surface area contributed by atoms with Crippen molar-refractivity contribution < 1.29 is 4.74 Å². The highest BCUT2D eigenvalue weighted by Crippen LogP contribution is 2.27. The normalized spacial score (nSPS) is 10.3. The zero-order chi connectivity index (χ0) is 9.14. The summed E-state index contributed by atoms with van der Waals surface area (Å²) in [5, 5.41) is 0.595. The monoisotopic (exact) mass is 185 g/mol. The van der Waals surface area contributed by atoms with Crippen LogP contribution in [0.4, 0.5) is 5.69 Å². The highest BCUT2D eigenvalue weighted by atomic mass is 35.5. The van der Waals surface area contributed by atoms with Crippen molar-refractivity contribution in [2.75, 3.05) is 5.73 Å². The van der Waals surface area contributed by atoms with Crippen molar-refractivity contribution in [3.63, 3.8) is 0 Å². The molecule has 66 valence electrons. The van der Waals surface area contributed by atoms with Gasteiger partial charge in [0.05, 0.1) is 11.1 Å². The van der Waals surface area contributed by atoms with Crippen LogP contribution in [-0.4, -0.2) is 6.10 Å². The predicted molar refractivity (Wildman–Crippen MR) is 51.6 cm³/mol. The quantitative estimate of drug-likeness (QED) is 0.720. The molecule has 0 amide bonds. The maximum Gasteiger partial charge on any atom is 0.140 e. The van der Waals surface area contributed by atoms with Crippen LogP contribution in [0.3, 0.4) is 0 Å². The molecule has 1 aromatic carbocycles. The Bertz CT molecular complexity index is 273. The number of ether oxygens (including phenoxy) is 1. The topological polar surface area (TPSA) is 35.2 Å². The fourth-order valence-corrected chi connectivity index (χ4v) is 1.03. The molecule has 0 saturated carbocycles. The van der Waals surface area contributed by atoms with Crippen molar-refractivity contribution >= 4 is 17.3 Å². The minimum absolute atomic E-state index is 0.115. The van der Waals surface area contributed by atoms with E-state index in [0.29, 0.717) is 16.5 Å². The molecule has 0 unspecified atom stereocenters. The lowest BCUT2D eigenvalue weighted by atomic mass is 10.3. The lowest BCUT2D eigenvalue weighted by Gasteiger charge is -2.11. The zero-order valence-electron chi connectivity index (χ0n) is 7.17. The average Bonchev–Trinajstić information content (AvgIpc) is 1.96. The number of halogens is 1. The summed E-state index contributed by atoms with van der Waals surface area (Å²) in [6.45, 7) is 3.89. The zero-order valence-corrected chi connectivity index (χ0v) is 7.93. The van der Waals surface area contributed by atoms with Crippen molar-refractivity contribution in [2.24, 2.45) is 0 Å². The number of anilines is 1. The van der Waals surface area contributed by atoms with Gasteiger partial charge in [-0.15, -0.1) is 0 Å². The van der Waals surface area contributed by atoms with Crippen LogP contribution >= 0.6 is 11.6 Å². The van der Waals surface area contributed by atoms with Crippen LogP contribution in [0.5, 0.6) is 5.75 Å². The van der Waals surface area contributed by atoms with E-state index in [2.05, 4.69) is 0 Å². The van der Waals surface area contributed by atoms with E-state index >= 15 is 0 Å². The maximum absolute atomic E-state index is 5.86. The van der Waals surface area contributed by atoms with Gasteiger partial charge in [0.25, 0.3) is 0 Å². The van der Waals surface area contributed by atoms with E-state index in [0.717, 1.165) is 0 Å². The lowest BCUT2D eigenvalue weighted by molar-refractivity contribution is 0.243. The Hall–Kier alpha value is -0.890. The SMILES string of the molecule is CC(C)Oc1cc(N)ccc1Cl. The molecule has 0 aliphatic heterocycles. The van der Waals surface area contributed by atoms with Crippen molar-refractivity contribution in [3.05, 3.63) is 23.2 Å². The molecule has 0 fully saturated rings. The molecule has 1 rings (SSSR count). The molecule has 0 atom stereocenters. The number of hydrogen-bond acceptors (Lipinski definition) is 2. The molecule has 0 aliphatic rings. The summed E-state index contributed by atoms with van der Waals surface area (Å²) >= 11 is 5.86. The number of hydrogen-bond donors (Lipinski definition) is 1. The van der Waals surface area contributed by atoms with Gasteiger partial charge in [-0.25, -0.2) is 0 Å². The van der Waals surface area contributed by atoms with Crippen molar-refractivity contribution in [3.8, 4) is 5.75 Å². The molecular formula is C9H12ClNO. The molecule has 0 saturated heterocycles. The van der Waals surface area contributed by atoms with Crippen LogP contribution in [0, 0.1) is 0 Å². The first-order chi connectivity index (χ1) is 5.59. The first-order valence-corrected chi connectivity index (χ1v) is 4.19. The number of rotatable bonds is 2. The Morgan fingerprint density at radius 1 is 1.42 bits per heavy atom. The fourth-order valence-electron chi connectivity index (χ4n) is 0.864. The van der Waals surface area contributed by atoms with E-state index in [4.69, 9.17) is 22.1 Å². The van der Waals surface area contributed by atoms with E-state index in [1.807, 2.05) is 13.8 Å². The average molecular weight is 186 g/mol. The molecule has 0 spiro atoms. The molecule has 0 aliphatic carbocycles. The number of benzene rings is 1. The first-order valence-electron chi connectivity index (χ1n) is 3.81. The van der Waals surface area contributed by atoms with Gasteiger partial charge in [-0.3, -0.25) is 0 Å². The second-order valence-corrected chi connectivity index (χ2v) is 3.26. The lowest BCUT2D eigenvalue weighted by Crippen LogP contribution is -2.06. The van der Waals surface area contributed by atoms with E-state index < -0.39 is 0 Å². The third kappa shape index (κ3) is 2.31. The van der Waals surface area contributed by atoms with E-state index in [-0.39, 0.29) is 6.10 Å². The minimum atomic E-state index is 0.115. The van der Waals surface area contributed by atoms with Crippen molar-refractivity contribution in [1.29, 1.82) is 0 Å². The Kier molecular flexibility index (Phi) is 2.82. The summed E-state index contributed by atoms with van der Waals surface area (Å²) in [4.78, 5) is 0. The molecule has 1 aromatic rings. The highest BCUT2D eigenvalue weighted by molar-refractivity contribution is 6.32. The van der Waals surface area contributed by atoms with Crippen LogP contribution in [-0.2, 0) is 0 Å². The fraction of sp³-hybridized carbons (Fsp3) is 0.333. The minimum Gasteiger partial charge on any atom is -0.489 e. The molecular weight excluding hydrogens is 174 g/mol. The van der Waals surface area contributed by atoms with Gasteiger partial charge in [0.1, 0.15) is 5.75 Å². The Balaban J connectivity index is 2.90. The van der Waals surface area contributed by atoms with Gasteiger partial charge in [-0.2, -0.15) is 0 Å². The Morgan fingerprint density at radius 2 is 2.08 bits per heavy atom. The number of nitrogens with two attached hydrogens (primary N) is 1. The largest absolute Gasteiger partial charge is 0.489 e. The van der Waals surface area contributed by atoms with Crippen LogP contribution in [0.1, 0.15) is 13.8 Å². The third-order valence-electron chi connectivity index (χ3n) is 1.32. The summed E-state index contributed by atoms with van der Waals surface area (Å²) < 4.78 is 5.41.